The highest BCUT2D eigenvalue weighted by molar-refractivity contribution is 9.10. The van der Waals surface area contributed by atoms with E-state index in [1.165, 1.54) is 0 Å². The van der Waals surface area contributed by atoms with E-state index in [1.807, 2.05) is 42.6 Å². The Hall–Kier alpha value is -4.36. The molecule has 0 aliphatic heterocycles. The zero-order valence-corrected chi connectivity index (χ0v) is 20.5. The Bertz CT molecular complexity index is 1830. The van der Waals surface area contributed by atoms with E-state index in [2.05, 4.69) is 77.6 Å². The molecule has 0 saturated heterocycles. The number of pyridine rings is 2. The first-order valence-corrected chi connectivity index (χ1v) is 12.3. The standard InChI is InChI=1S/C29H18BrN5O/c30-22-14-32-28-27(33-15-34-28)25(22)29(36)35-26-20-8-3-2-7-19(20)24-18(9-5-10-21(24)26)17-12-16-6-1-4-11-23(16)31-13-17/h1-15,26H,(H,35,36)(H,32,33,34)/t26-/m1/s1. The van der Waals surface area contributed by atoms with Crippen molar-refractivity contribution in [3.8, 4) is 22.3 Å². The predicted octanol–water partition coefficient (Wildman–Crippen LogP) is 6.44. The number of para-hydroxylation sites is 1. The average Bonchev–Trinajstić information content (AvgIpc) is 3.51. The van der Waals surface area contributed by atoms with E-state index < -0.39 is 0 Å². The van der Waals surface area contributed by atoms with Crippen LogP contribution in [0.25, 0.3) is 44.3 Å². The van der Waals surface area contributed by atoms with Crippen molar-refractivity contribution < 1.29 is 4.79 Å². The van der Waals surface area contributed by atoms with Gasteiger partial charge < -0.3 is 10.3 Å². The van der Waals surface area contributed by atoms with Crippen LogP contribution in [0.1, 0.15) is 27.5 Å². The Morgan fingerprint density at radius 2 is 1.67 bits per heavy atom. The summed E-state index contributed by atoms with van der Waals surface area (Å²) in [7, 11) is 0. The number of benzene rings is 3. The molecule has 0 bridgehead atoms. The van der Waals surface area contributed by atoms with Crippen molar-refractivity contribution in [3.63, 3.8) is 0 Å². The molecule has 7 rings (SSSR count). The summed E-state index contributed by atoms with van der Waals surface area (Å²) in [6.07, 6.45) is 5.08. The fourth-order valence-corrected chi connectivity index (χ4v) is 5.65. The summed E-state index contributed by atoms with van der Waals surface area (Å²) in [4.78, 5) is 29.8. The minimum atomic E-state index is -0.296. The third-order valence-electron chi connectivity index (χ3n) is 6.76. The molecule has 3 aromatic heterocycles. The van der Waals surface area contributed by atoms with Crippen LogP contribution in [0.3, 0.4) is 0 Å². The van der Waals surface area contributed by atoms with Gasteiger partial charge in [-0.3, -0.25) is 9.78 Å². The highest BCUT2D eigenvalue weighted by Crippen LogP contribution is 2.48. The zero-order chi connectivity index (χ0) is 24.2. The molecule has 6 aromatic rings. The van der Waals surface area contributed by atoms with Crippen LogP contribution in [0.4, 0.5) is 0 Å². The zero-order valence-electron chi connectivity index (χ0n) is 18.9. The molecule has 0 radical (unpaired) electrons. The molecule has 1 aliphatic rings. The fraction of sp³-hybridized carbons (Fsp3) is 0.0345. The van der Waals surface area contributed by atoms with Crippen LogP contribution >= 0.6 is 15.9 Å². The molecule has 0 unspecified atom stereocenters. The van der Waals surface area contributed by atoms with Crippen LogP contribution in [0.2, 0.25) is 0 Å². The number of nitrogens with zero attached hydrogens (tertiary/aromatic N) is 3. The van der Waals surface area contributed by atoms with E-state index in [9.17, 15) is 4.79 Å². The molecular formula is C29H18BrN5O. The van der Waals surface area contributed by atoms with E-state index in [4.69, 9.17) is 0 Å². The van der Waals surface area contributed by atoms with Crippen LogP contribution in [0, 0.1) is 0 Å². The lowest BCUT2D eigenvalue weighted by Gasteiger charge is -2.17. The van der Waals surface area contributed by atoms with Gasteiger partial charge in [-0.25, -0.2) is 9.97 Å². The molecule has 172 valence electrons. The third-order valence-corrected chi connectivity index (χ3v) is 7.36. The van der Waals surface area contributed by atoms with E-state index in [0.717, 1.165) is 44.3 Å². The van der Waals surface area contributed by atoms with Crippen LogP contribution < -0.4 is 5.32 Å². The van der Waals surface area contributed by atoms with Crippen molar-refractivity contribution in [2.45, 2.75) is 6.04 Å². The summed E-state index contributed by atoms with van der Waals surface area (Å²) in [6, 6.07) is 24.5. The van der Waals surface area contributed by atoms with Crippen molar-refractivity contribution in [1.29, 1.82) is 0 Å². The highest BCUT2D eigenvalue weighted by Gasteiger charge is 2.32. The minimum absolute atomic E-state index is 0.205. The number of amides is 1. The highest BCUT2D eigenvalue weighted by atomic mass is 79.9. The van der Waals surface area contributed by atoms with Gasteiger partial charge in [-0.1, -0.05) is 60.7 Å². The topological polar surface area (TPSA) is 83.6 Å². The average molecular weight is 532 g/mol. The van der Waals surface area contributed by atoms with Crippen molar-refractivity contribution in [3.05, 3.63) is 113 Å². The van der Waals surface area contributed by atoms with Crippen LogP contribution in [0.5, 0.6) is 0 Å². The summed E-state index contributed by atoms with van der Waals surface area (Å²) < 4.78 is 0.610. The summed E-state index contributed by atoms with van der Waals surface area (Å²) in [5.74, 6) is -0.205. The fourth-order valence-electron chi connectivity index (χ4n) is 5.17. The van der Waals surface area contributed by atoms with Gasteiger partial charge in [0.2, 0.25) is 0 Å². The first-order valence-electron chi connectivity index (χ1n) is 11.5. The van der Waals surface area contributed by atoms with Crippen molar-refractivity contribution in [2.24, 2.45) is 0 Å². The van der Waals surface area contributed by atoms with Crippen molar-refractivity contribution >= 4 is 43.9 Å². The van der Waals surface area contributed by atoms with Gasteiger partial charge in [0.1, 0.15) is 0 Å². The van der Waals surface area contributed by atoms with Gasteiger partial charge in [0.25, 0.3) is 5.91 Å². The predicted molar refractivity (Wildman–Crippen MR) is 144 cm³/mol. The monoisotopic (exact) mass is 531 g/mol. The number of rotatable bonds is 3. The molecule has 1 atom stereocenters. The van der Waals surface area contributed by atoms with Gasteiger partial charge in [-0.2, -0.15) is 0 Å². The normalized spacial score (nSPS) is 14.1. The number of carbonyl (C=O) groups is 1. The molecule has 1 amide bonds. The first kappa shape index (κ1) is 21.0. The lowest BCUT2D eigenvalue weighted by Crippen LogP contribution is -2.28. The smallest absolute Gasteiger partial charge is 0.255 e. The molecule has 36 heavy (non-hydrogen) atoms. The Morgan fingerprint density at radius 1 is 0.861 bits per heavy atom. The number of H-pyrrole nitrogens is 1. The number of aromatic amines is 1. The quantitative estimate of drug-likeness (QED) is 0.275. The van der Waals surface area contributed by atoms with Gasteiger partial charge in [-0.05, 0) is 55.9 Å². The maximum absolute atomic E-state index is 13.6. The number of hydrogen-bond acceptors (Lipinski definition) is 4. The van der Waals surface area contributed by atoms with Gasteiger partial charge in [-0.15, -0.1) is 0 Å². The van der Waals surface area contributed by atoms with Gasteiger partial charge in [0.15, 0.2) is 5.65 Å². The summed E-state index contributed by atoms with van der Waals surface area (Å²) in [6.45, 7) is 0. The van der Waals surface area contributed by atoms with Crippen LogP contribution in [-0.2, 0) is 0 Å². The maximum atomic E-state index is 13.6. The largest absolute Gasteiger partial charge is 0.343 e. The lowest BCUT2D eigenvalue weighted by molar-refractivity contribution is 0.0944. The second-order valence-electron chi connectivity index (χ2n) is 8.76. The molecule has 6 nitrogen and oxygen atoms in total. The van der Waals surface area contributed by atoms with Gasteiger partial charge in [0.05, 0.1) is 33.4 Å². The second-order valence-corrected chi connectivity index (χ2v) is 9.62. The van der Waals surface area contributed by atoms with Crippen LogP contribution in [0.15, 0.2) is 96.0 Å². The molecule has 0 saturated carbocycles. The van der Waals surface area contributed by atoms with E-state index in [-0.39, 0.29) is 11.9 Å². The summed E-state index contributed by atoms with van der Waals surface area (Å²) in [5.41, 5.74) is 9.04. The number of imidazole rings is 1. The second kappa shape index (κ2) is 8.10. The Balaban J connectivity index is 1.37. The SMILES string of the molecule is O=C(N[C@@H]1c2ccccc2-c2c(-c3cnc4ccccc4c3)cccc21)c1c(Br)cnc2nc[nH]c12. The van der Waals surface area contributed by atoms with Gasteiger partial charge >= 0.3 is 0 Å². The number of carbonyl (C=O) groups excluding carboxylic acids is 1. The van der Waals surface area contributed by atoms with Crippen LogP contribution in [-0.4, -0.2) is 25.8 Å². The van der Waals surface area contributed by atoms with Gasteiger partial charge in [0, 0.05) is 23.3 Å². The Kier molecular flexibility index (Phi) is 4.72. The molecule has 3 aromatic carbocycles. The number of fused-ring (bicyclic) bond motifs is 5. The molecule has 3 heterocycles. The molecular weight excluding hydrogens is 514 g/mol. The van der Waals surface area contributed by atoms with E-state index >= 15 is 0 Å². The third kappa shape index (κ3) is 3.17. The Morgan fingerprint density at radius 3 is 2.61 bits per heavy atom. The molecule has 1 aliphatic carbocycles. The maximum Gasteiger partial charge on any atom is 0.255 e. The van der Waals surface area contributed by atoms with E-state index in [0.29, 0.717) is 21.2 Å². The Labute approximate surface area is 214 Å². The summed E-state index contributed by atoms with van der Waals surface area (Å²) in [5, 5.41) is 4.37. The molecule has 0 fully saturated rings. The number of hydrogen-bond donors (Lipinski definition) is 2. The molecule has 0 spiro atoms. The number of halogens is 1. The minimum Gasteiger partial charge on any atom is -0.343 e. The summed E-state index contributed by atoms with van der Waals surface area (Å²) >= 11 is 3.50. The van der Waals surface area contributed by atoms with Crippen molar-refractivity contribution in [1.82, 2.24) is 25.3 Å². The lowest BCUT2D eigenvalue weighted by atomic mass is 9.94. The van der Waals surface area contributed by atoms with Crippen molar-refractivity contribution in [2.75, 3.05) is 0 Å². The number of aromatic nitrogens is 4. The molecule has 7 heteroatoms. The van der Waals surface area contributed by atoms with E-state index in [1.54, 1.807) is 12.5 Å². The number of nitrogens with one attached hydrogen (secondary N) is 2. The molecule has 2 N–H and O–H groups in total. The first-order chi connectivity index (χ1) is 17.7.